The molecule has 2 bridgehead atoms. The summed E-state index contributed by atoms with van der Waals surface area (Å²) in [5, 5.41) is 3.64. The first-order valence-corrected chi connectivity index (χ1v) is 10.5. The van der Waals surface area contributed by atoms with Gasteiger partial charge in [-0.1, -0.05) is 41.9 Å². The molecule has 2 aliphatic rings. The average Bonchev–Trinajstić information content (AvgIpc) is 2.94. The predicted molar refractivity (Wildman–Crippen MR) is 113 cm³/mol. The van der Waals surface area contributed by atoms with Crippen LogP contribution < -0.4 is 10.1 Å². The number of nitrogens with zero attached hydrogens (tertiary/aromatic N) is 1. The molecule has 4 rings (SSSR count). The van der Waals surface area contributed by atoms with Gasteiger partial charge in [0.1, 0.15) is 5.75 Å². The lowest BCUT2D eigenvalue weighted by atomic mass is 9.89. The highest BCUT2D eigenvalue weighted by Gasteiger charge is 2.42. The molecule has 2 fully saturated rings. The van der Waals surface area contributed by atoms with E-state index in [0.29, 0.717) is 28.5 Å². The van der Waals surface area contributed by atoms with E-state index in [4.69, 9.17) is 16.3 Å². The van der Waals surface area contributed by atoms with Crippen molar-refractivity contribution in [3.63, 3.8) is 0 Å². The molecule has 2 unspecified atom stereocenters. The molecule has 0 spiro atoms. The number of nitrogens with one attached hydrogen (secondary N) is 1. The van der Waals surface area contributed by atoms with Gasteiger partial charge in [0.05, 0.1) is 12.8 Å². The van der Waals surface area contributed by atoms with Gasteiger partial charge in [0.15, 0.2) is 0 Å². The van der Waals surface area contributed by atoms with Gasteiger partial charge >= 0.3 is 0 Å². The van der Waals surface area contributed by atoms with Gasteiger partial charge in [-0.3, -0.25) is 9.69 Å². The molecule has 148 valence electrons. The van der Waals surface area contributed by atoms with Crippen LogP contribution in [0.1, 0.15) is 31.2 Å². The quantitative estimate of drug-likeness (QED) is 0.761. The van der Waals surface area contributed by atoms with Crippen molar-refractivity contribution in [1.82, 2.24) is 4.90 Å². The van der Waals surface area contributed by atoms with Crippen LogP contribution in [0.25, 0.3) is 0 Å². The number of hydrogen-bond donors (Lipinski definition) is 1. The van der Waals surface area contributed by atoms with E-state index in [1.807, 2.05) is 0 Å². The molecule has 2 aromatic rings. The van der Waals surface area contributed by atoms with E-state index in [-0.39, 0.29) is 11.8 Å². The first-order valence-electron chi connectivity index (χ1n) is 10.1. The van der Waals surface area contributed by atoms with E-state index in [0.717, 1.165) is 25.8 Å². The van der Waals surface area contributed by atoms with Gasteiger partial charge in [-0.2, -0.15) is 0 Å². The third kappa shape index (κ3) is 4.18. The number of ether oxygens (including phenoxy) is 1. The van der Waals surface area contributed by atoms with Gasteiger partial charge in [-0.15, -0.1) is 0 Å². The molecular formula is C23H27ClN2O2. The van der Waals surface area contributed by atoms with Gasteiger partial charge < -0.3 is 10.1 Å². The Bertz CT molecular complexity index is 813. The maximum atomic E-state index is 12.9. The number of carbonyl (C=O) groups excluding carboxylic acids is 1. The topological polar surface area (TPSA) is 41.6 Å². The summed E-state index contributed by atoms with van der Waals surface area (Å²) in [6, 6.07) is 17.0. The second kappa shape index (κ2) is 8.54. The van der Waals surface area contributed by atoms with Gasteiger partial charge in [0, 0.05) is 29.6 Å². The van der Waals surface area contributed by atoms with Crippen molar-refractivity contribution in [3.05, 3.63) is 59.1 Å². The van der Waals surface area contributed by atoms with E-state index < -0.39 is 0 Å². The Balaban J connectivity index is 1.37. The second-order valence-corrected chi connectivity index (χ2v) is 8.30. The molecule has 2 atom stereocenters. The van der Waals surface area contributed by atoms with Crippen LogP contribution in [0.4, 0.5) is 5.69 Å². The largest absolute Gasteiger partial charge is 0.495 e. The van der Waals surface area contributed by atoms with E-state index in [1.165, 1.54) is 18.4 Å². The molecule has 0 radical (unpaired) electrons. The van der Waals surface area contributed by atoms with Crippen LogP contribution in [0.15, 0.2) is 48.5 Å². The maximum absolute atomic E-state index is 12.9. The van der Waals surface area contributed by atoms with Crippen molar-refractivity contribution in [2.75, 3.05) is 19.0 Å². The van der Waals surface area contributed by atoms with E-state index in [1.54, 1.807) is 25.3 Å². The molecule has 2 aromatic carbocycles. The van der Waals surface area contributed by atoms with Crippen LogP contribution >= 0.6 is 11.6 Å². The Kier molecular flexibility index (Phi) is 5.88. The monoisotopic (exact) mass is 398 g/mol. The normalized spacial score (nSPS) is 24.1. The number of anilines is 1. The second-order valence-electron chi connectivity index (χ2n) is 7.86. The summed E-state index contributed by atoms with van der Waals surface area (Å²) in [6.07, 6.45) is 5.33. The highest BCUT2D eigenvalue weighted by Crippen LogP contribution is 2.39. The molecule has 2 aliphatic heterocycles. The summed E-state index contributed by atoms with van der Waals surface area (Å²) >= 11 is 6.09. The van der Waals surface area contributed by atoms with Crippen molar-refractivity contribution in [2.45, 2.75) is 44.2 Å². The van der Waals surface area contributed by atoms with Crippen LogP contribution in [-0.2, 0) is 11.2 Å². The lowest BCUT2D eigenvalue weighted by molar-refractivity contribution is -0.122. The molecule has 5 heteroatoms. The van der Waals surface area contributed by atoms with Crippen LogP contribution in [0.2, 0.25) is 5.02 Å². The molecule has 4 nitrogen and oxygen atoms in total. The average molecular weight is 399 g/mol. The summed E-state index contributed by atoms with van der Waals surface area (Å²) in [7, 11) is 1.60. The fourth-order valence-corrected chi connectivity index (χ4v) is 4.94. The molecule has 0 aliphatic carbocycles. The number of carbonyl (C=O) groups is 1. The van der Waals surface area contributed by atoms with Crippen LogP contribution in [0, 0.1) is 5.92 Å². The predicted octanol–water partition coefficient (Wildman–Crippen LogP) is 4.77. The zero-order valence-electron chi connectivity index (χ0n) is 16.2. The molecule has 0 aromatic heterocycles. The Morgan fingerprint density at radius 3 is 2.54 bits per heavy atom. The van der Waals surface area contributed by atoms with Crippen molar-refractivity contribution < 1.29 is 9.53 Å². The maximum Gasteiger partial charge on any atom is 0.227 e. The summed E-state index contributed by atoms with van der Waals surface area (Å²) in [5.74, 6) is 0.773. The highest BCUT2D eigenvalue weighted by molar-refractivity contribution is 6.31. The highest BCUT2D eigenvalue weighted by atomic mass is 35.5. The van der Waals surface area contributed by atoms with Gasteiger partial charge in [-0.25, -0.2) is 0 Å². The summed E-state index contributed by atoms with van der Waals surface area (Å²) in [4.78, 5) is 15.6. The minimum atomic E-state index is 0.0502. The van der Waals surface area contributed by atoms with E-state index in [9.17, 15) is 4.79 Å². The SMILES string of the molecule is COc1ccc(Cl)cc1NC(=O)C1CC2CCC(C1)N2CCc1ccccc1. The number of fused-ring (bicyclic) bond motifs is 2. The zero-order valence-corrected chi connectivity index (χ0v) is 17.0. The van der Waals surface area contributed by atoms with Crippen LogP contribution in [-0.4, -0.2) is 36.5 Å². The van der Waals surface area contributed by atoms with Crippen LogP contribution in [0.5, 0.6) is 5.75 Å². The van der Waals surface area contributed by atoms with Crippen molar-refractivity contribution >= 4 is 23.2 Å². The summed E-state index contributed by atoms with van der Waals surface area (Å²) in [6.45, 7) is 1.08. The molecule has 2 saturated heterocycles. The minimum absolute atomic E-state index is 0.0502. The number of piperidine rings is 1. The minimum Gasteiger partial charge on any atom is -0.495 e. The lowest BCUT2D eigenvalue weighted by Crippen LogP contribution is -2.46. The van der Waals surface area contributed by atoms with Gasteiger partial charge in [-0.05, 0) is 55.9 Å². The number of amides is 1. The molecular weight excluding hydrogens is 372 g/mol. The third-order valence-electron chi connectivity index (χ3n) is 6.18. The number of halogens is 1. The Morgan fingerprint density at radius 2 is 1.86 bits per heavy atom. The van der Waals surface area contributed by atoms with Gasteiger partial charge in [0.25, 0.3) is 0 Å². The third-order valence-corrected chi connectivity index (χ3v) is 6.41. The fraction of sp³-hybridized carbons (Fsp3) is 0.435. The standard InChI is InChI=1S/C23H27ClN2O2/c1-28-22-10-7-18(24)15-21(22)25-23(27)17-13-19-8-9-20(14-17)26(19)12-11-16-5-3-2-4-6-16/h2-7,10,15,17,19-20H,8-9,11-14H2,1H3,(H,25,27). The number of benzene rings is 2. The smallest absolute Gasteiger partial charge is 0.227 e. The fourth-order valence-electron chi connectivity index (χ4n) is 4.77. The molecule has 2 heterocycles. The number of methoxy groups -OCH3 is 1. The summed E-state index contributed by atoms with van der Waals surface area (Å²) in [5.41, 5.74) is 2.04. The molecule has 0 saturated carbocycles. The molecule has 1 N–H and O–H groups in total. The number of rotatable bonds is 6. The van der Waals surface area contributed by atoms with Crippen LogP contribution in [0.3, 0.4) is 0 Å². The van der Waals surface area contributed by atoms with E-state index in [2.05, 4.69) is 40.5 Å². The molecule has 28 heavy (non-hydrogen) atoms. The molecule has 1 amide bonds. The van der Waals surface area contributed by atoms with Crippen molar-refractivity contribution in [1.29, 1.82) is 0 Å². The lowest BCUT2D eigenvalue weighted by Gasteiger charge is -2.38. The first kappa shape index (κ1) is 19.3. The summed E-state index contributed by atoms with van der Waals surface area (Å²) < 4.78 is 5.35. The first-order chi connectivity index (χ1) is 13.6. The Hall–Kier alpha value is -2.04. The Labute approximate surface area is 171 Å². The zero-order chi connectivity index (χ0) is 19.5. The van der Waals surface area contributed by atoms with Crippen molar-refractivity contribution in [2.24, 2.45) is 5.92 Å². The number of hydrogen-bond acceptors (Lipinski definition) is 3. The Morgan fingerprint density at radius 1 is 1.14 bits per heavy atom. The van der Waals surface area contributed by atoms with Gasteiger partial charge in [0.2, 0.25) is 5.91 Å². The van der Waals surface area contributed by atoms with Crippen molar-refractivity contribution in [3.8, 4) is 5.75 Å². The van der Waals surface area contributed by atoms with E-state index >= 15 is 0 Å².